The summed E-state index contributed by atoms with van der Waals surface area (Å²) in [4.78, 5) is 33.4. The molecule has 40 heavy (non-hydrogen) atoms. The van der Waals surface area contributed by atoms with Gasteiger partial charge in [0.05, 0.1) is 25.4 Å². The molecule has 1 fully saturated rings. The molecule has 0 radical (unpaired) electrons. The van der Waals surface area contributed by atoms with Gasteiger partial charge in [0.2, 0.25) is 0 Å². The van der Waals surface area contributed by atoms with Crippen LogP contribution in [0.5, 0.6) is 11.5 Å². The first-order valence-corrected chi connectivity index (χ1v) is 14.0. The fraction of sp³-hybridized carbons (Fsp3) is 0.500. The zero-order chi connectivity index (χ0) is 28.5. The molecule has 216 valence electrons. The van der Waals surface area contributed by atoms with Gasteiger partial charge in [-0.2, -0.15) is 0 Å². The number of rotatable bonds is 11. The topological polar surface area (TPSA) is 127 Å². The zero-order valence-electron chi connectivity index (χ0n) is 23.3. The van der Waals surface area contributed by atoms with Crippen molar-refractivity contribution in [2.45, 2.75) is 64.1 Å². The van der Waals surface area contributed by atoms with Crippen LogP contribution >= 0.6 is 0 Å². The number of amides is 1. The van der Waals surface area contributed by atoms with E-state index in [2.05, 4.69) is 4.99 Å². The van der Waals surface area contributed by atoms with E-state index in [1.165, 1.54) is 18.4 Å². The van der Waals surface area contributed by atoms with E-state index in [9.17, 15) is 14.7 Å². The van der Waals surface area contributed by atoms with Crippen LogP contribution < -0.4 is 10.5 Å². The smallest absolute Gasteiger partial charge is 0.410 e. The van der Waals surface area contributed by atoms with Gasteiger partial charge in [-0.25, -0.2) is 14.6 Å². The van der Waals surface area contributed by atoms with Crippen molar-refractivity contribution in [1.82, 2.24) is 9.80 Å². The van der Waals surface area contributed by atoms with E-state index in [1.54, 1.807) is 0 Å². The average Bonchev–Trinajstić information content (AvgIpc) is 2.98. The lowest BCUT2D eigenvalue weighted by atomic mass is 9.83. The number of aliphatic imine (C=N–C) groups is 1. The van der Waals surface area contributed by atoms with Crippen LogP contribution in [0.3, 0.4) is 0 Å². The number of methoxy groups -OCH3 is 1. The second kappa shape index (κ2) is 14.0. The predicted octanol–water partition coefficient (Wildman–Crippen LogP) is 4.57. The summed E-state index contributed by atoms with van der Waals surface area (Å²) in [5.74, 6) is 1.40. The molecule has 0 aromatic heterocycles. The number of fused-ring (bicyclic) bond motifs is 1. The molecule has 3 N–H and O–H groups in total. The highest BCUT2D eigenvalue weighted by Gasteiger charge is 2.36. The Hall–Kier alpha value is -3.79. The molecule has 10 heteroatoms. The monoisotopic (exact) mass is 552 g/mol. The Morgan fingerprint density at radius 2 is 1.88 bits per heavy atom. The van der Waals surface area contributed by atoms with Crippen molar-refractivity contribution >= 4 is 23.7 Å². The Bertz CT molecular complexity index is 1170. The van der Waals surface area contributed by atoms with E-state index in [-0.39, 0.29) is 25.1 Å². The maximum Gasteiger partial charge on any atom is 0.410 e. The Balaban J connectivity index is 1.54. The van der Waals surface area contributed by atoms with Crippen LogP contribution in [0, 0.1) is 5.92 Å². The summed E-state index contributed by atoms with van der Waals surface area (Å²) in [5, 5.41) is 9.80. The highest BCUT2D eigenvalue weighted by atomic mass is 16.6. The lowest BCUT2D eigenvalue weighted by molar-refractivity contribution is -0.148. The van der Waals surface area contributed by atoms with Crippen LogP contribution in [0.1, 0.15) is 51.0 Å². The normalized spacial score (nSPS) is 16.8. The lowest BCUT2D eigenvalue weighted by Crippen LogP contribution is -2.53. The maximum absolute atomic E-state index is 13.2. The van der Waals surface area contributed by atoms with Gasteiger partial charge in [-0.05, 0) is 55.5 Å². The molecule has 0 unspecified atom stereocenters. The number of aliphatic hydroxyl groups is 1. The van der Waals surface area contributed by atoms with Gasteiger partial charge in [0.25, 0.3) is 0 Å². The quantitative estimate of drug-likeness (QED) is 0.388. The molecule has 1 aliphatic heterocycles. The summed E-state index contributed by atoms with van der Waals surface area (Å²) in [6.45, 7) is 2.15. The van der Waals surface area contributed by atoms with Crippen LogP contribution in [0.25, 0.3) is 0 Å². The summed E-state index contributed by atoms with van der Waals surface area (Å²) in [7, 11) is 1.23. The second-order valence-corrected chi connectivity index (χ2v) is 10.3. The number of carbonyl (C=O) groups excluding carboxylic acids is 2. The minimum absolute atomic E-state index is 0.0782. The average molecular weight is 553 g/mol. The molecule has 2 aromatic rings. The maximum atomic E-state index is 13.2. The molecule has 1 amide bonds. The van der Waals surface area contributed by atoms with Crippen LogP contribution in [-0.4, -0.2) is 71.9 Å². The van der Waals surface area contributed by atoms with Gasteiger partial charge in [-0.15, -0.1) is 0 Å². The van der Waals surface area contributed by atoms with E-state index in [4.69, 9.17) is 19.9 Å². The van der Waals surface area contributed by atoms with Crippen molar-refractivity contribution in [3.05, 3.63) is 54.1 Å². The number of esters is 1. The summed E-state index contributed by atoms with van der Waals surface area (Å²) >= 11 is 0. The van der Waals surface area contributed by atoms with Crippen molar-refractivity contribution in [1.29, 1.82) is 0 Å². The second-order valence-electron chi connectivity index (χ2n) is 10.3. The third kappa shape index (κ3) is 7.04. The van der Waals surface area contributed by atoms with Gasteiger partial charge in [-0.3, -0.25) is 4.90 Å². The predicted molar refractivity (Wildman–Crippen MR) is 151 cm³/mol. The Kier molecular flexibility index (Phi) is 10.2. The highest BCUT2D eigenvalue weighted by Crippen LogP contribution is 2.35. The van der Waals surface area contributed by atoms with Gasteiger partial charge < -0.3 is 30.0 Å². The van der Waals surface area contributed by atoms with E-state index in [0.717, 1.165) is 42.7 Å². The summed E-state index contributed by atoms with van der Waals surface area (Å²) in [6.07, 6.45) is 5.29. The molecular formula is C30H40N4O6. The lowest BCUT2D eigenvalue weighted by Gasteiger charge is -2.41. The fourth-order valence-corrected chi connectivity index (χ4v) is 5.52. The van der Waals surface area contributed by atoms with Gasteiger partial charge in [-0.1, -0.05) is 44.4 Å². The van der Waals surface area contributed by atoms with Crippen molar-refractivity contribution in [2.75, 3.05) is 26.9 Å². The molecule has 1 heterocycles. The number of para-hydroxylation sites is 1. The molecule has 4 rings (SSSR count). The van der Waals surface area contributed by atoms with Crippen LogP contribution in [0.15, 0.2) is 53.5 Å². The highest BCUT2D eigenvalue weighted by molar-refractivity contribution is 5.84. The van der Waals surface area contributed by atoms with E-state index in [0.29, 0.717) is 24.7 Å². The molecule has 0 spiro atoms. The number of benzene rings is 2. The SMILES string of the molecule is CCCN(C(=O)OC[C@@H](C1CCCCC1)N1Cc2cc(Oc3ccccc3)ccc2N=C1N)[C@H](CO)C(=O)OC. The van der Waals surface area contributed by atoms with Gasteiger partial charge >= 0.3 is 12.1 Å². The first kappa shape index (κ1) is 29.2. The van der Waals surface area contributed by atoms with Crippen LogP contribution in [0.2, 0.25) is 0 Å². The number of hydrogen-bond acceptors (Lipinski definition) is 9. The standard InChI is InChI=1S/C30H40N4O6/c1-3-16-33(26(19-35)28(36)38-2)30(37)39-20-27(21-10-6-4-7-11-21)34-18-22-17-24(14-15-25(22)32-29(34)31)40-23-12-8-5-9-13-23/h5,8-9,12-15,17,21,26-27,35H,3-4,6-7,10-11,16,18-20H2,1-2H3,(H2,31,32)/t26-,27+/m1/s1. The van der Waals surface area contributed by atoms with Crippen molar-refractivity contribution in [3.63, 3.8) is 0 Å². The van der Waals surface area contributed by atoms with E-state index in [1.807, 2.05) is 60.4 Å². The molecule has 1 aliphatic carbocycles. The molecule has 10 nitrogen and oxygen atoms in total. The molecule has 0 saturated heterocycles. The number of ether oxygens (including phenoxy) is 3. The molecule has 2 aliphatic rings. The molecule has 2 atom stereocenters. The van der Waals surface area contributed by atoms with E-state index >= 15 is 0 Å². The van der Waals surface area contributed by atoms with Crippen molar-refractivity contribution in [3.8, 4) is 11.5 Å². The largest absolute Gasteiger partial charge is 0.467 e. The minimum Gasteiger partial charge on any atom is -0.467 e. The van der Waals surface area contributed by atoms with Gasteiger partial charge in [0, 0.05) is 18.7 Å². The Labute approximate surface area is 235 Å². The molecule has 0 bridgehead atoms. The third-order valence-corrected chi connectivity index (χ3v) is 7.59. The van der Waals surface area contributed by atoms with Crippen molar-refractivity contribution in [2.24, 2.45) is 16.6 Å². The Morgan fingerprint density at radius 1 is 1.12 bits per heavy atom. The number of aliphatic hydroxyl groups excluding tert-OH is 1. The zero-order valence-corrected chi connectivity index (χ0v) is 23.3. The van der Waals surface area contributed by atoms with Crippen LogP contribution in [-0.2, 0) is 20.8 Å². The Morgan fingerprint density at radius 3 is 2.55 bits per heavy atom. The number of nitrogens with two attached hydrogens (primary N) is 1. The number of nitrogens with zero attached hydrogens (tertiary/aromatic N) is 3. The molecule has 2 aromatic carbocycles. The summed E-state index contributed by atoms with van der Waals surface area (Å²) in [5.41, 5.74) is 8.25. The molecular weight excluding hydrogens is 512 g/mol. The number of hydrogen-bond donors (Lipinski definition) is 2. The summed E-state index contributed by atoms with van der Waals surface area (Å²) in [6, 6.07) is 14.0. The van der Waals surface area contributed by atoms with Crippen LogP contribution in [0.4, 0.5) is 10.5 Å². The van der Waals surface area contributed by atoms with Crippen molar-refractivity contribution < 1.29 is 28.9 Å². The fourth-order valence-electron chi connectivity index (χ4n) is 5.52. The summed E-state index contributed by atoms with van der Waals surface area (Å²) < 4.78 is 16.7. The van der Waals surface area contributed by atoms with Gasteiger partial charge in [0.1, 0.15) is 18.1 Å². The number of carbonyl (C=O) groups is 2. The molecule has 1 saturated carbocycles. The minimum atomic E-state index is -1.12. The first-order chi connectivity index (χ1) is 19.4. The first-order valence-electron chi connectivity index (χ1n) is 14.0. The third-order valence-electron chi connectivity index (χ3n) is 7.59. The van der Waals surface area contributed by atoms with Gasteiger partial charge in [0.15, 0.2) is 12.0 Å². The van der Waals surface area contributed by atoms with E-state index < -0.39 is 24.7 Å². The number of guanidine groups is 1.